The topological polar surface area (TPSA) is 63.5 Å². The lowest BCUT2D eigenvalue weighted by molar-refractivity contribution is -0.126. The fourth-order valence-electron chi connectivity index (χ4n) is 4.25. The van der Waals surface area contributed by atoms with E-state index in [-0.39, 0.29) is 5.91 Å². The summed E-state index contributed by atoms with van der Waals surface area (Å²) in [4.78, 5) is 20.8. The number of fused-ring (bicyclic) bond motifs is 1. The third-order valence-corrected chi connectivity index (χ3v) is 6.26. The van der Waals surface area contributed by atoms with Gasteiger partial charge in [0.15, 0.2) is 0 Å². The molecule has 7 nitrogen and oxygen atoms in total. The lowest BCUT2D eigenvalue weighted by atomic mass is 9.98. The quantitative estimate of drug-likeness (QED) is 0.540. The van der Waals surface area contributed by atoms with Gasteiger partial charge in [0, 0.05) is 48.2 Å². The molecular formula is C25H23ClFN5O2. The maximum Gasteiger partial charge on any atom is 0.298 e. The molecule has 1 aromatic carbocycles. The first-order valence-electron chi connectivity index (χ1n) is 11.1. The predicted octanol–water partition coefficient (Wildman–Crippen LogP) is 3.08. The van der Waals surface area contributed by atoms with Crippen molar-refractivity contribution >= 4 is 17.5 Å². The second-order valence-corrected chi connectivity index (χ2v) is 8.61. The van der Waals surface area contributed by atoms with Crippen LogP contribution in [0.25, 0.3) is 22.4 Å². The van der Waals surface area contributed by atoms with Gasteiger partial charge in [0.05, 0.1) is 38.5 Å². The van der Waals surface area contributed by atoms with Crippen molar-refractivity contribution in [1.82, 2.24) is 24.6 Å². The highest BCUT2D eigenvalue weighted by molar-refractivity contribution is 6.30. The fourth-order valence-corrected chi connectivity index (χ4v) is 4.41. The Morgan fingerprint density at radius 2 is 1.91 bits per heavy atom. The van der Waals surface area contributed by atoms with Crippen LogP contribution in [0.1, 0.15) is 5.69 Å². The summed E-state index contributed by atoms with van der Waals surface area (Å²) in [6.07, 6.45) is 3.37. The Morgan fingerprint density at radius 1 is 1.12 bits per heavy atom. The first kappa shape index (κ1) is 22.5. The zero-order chi connectivity index (χ0) is 23.5. The molecule has 1 fully saturated rings. The highest BCUT2D eigenvalue weighted by Gasteiger charge is 2.28. The van der Waals surface area contributed by atoms with Crippen LogP contribution < -0.4 is 0 Å². The smallest absolute Gasteiger partial charge is 0.298 e. The van der Waals surface area contributed by atoms with Crippen LogP contribution in [0.2, 0.25) is 5.02 Å². The molecule has 0 N–H and O–H groups in total. The number of carbonyl (C=O) groups excluding carboxylic acids is 1. The first-order valence-corrected chi connectivity index (χ1v) is 11.5. The minimum absolute atomic E-state index is 0.222. The number of rotatable bonds is 3. The largest absolute Gasteiger partial charge is 0.379 e. The number of nitrogens with zero attached hydrogens (tertiary/aromatic N) is 5. The summed E-state index contributed by atoms with van der Waals surface area (Å²) in [5, 5.41) is 5.05. The Hall–Kier alpha value is -3.25. The molecule has 0 spiro atoms. The molecule has 2 aliphatic rings. The molecule has 1 amide bonds. The number of pyridine rings is 1. The summed E-state index contributed by atoms with van der Waals surface area (Å²) in [6, 6.07) is 8.28. The number of benzene rings is 1. The molecule has 4 heterocycles. The van der Waals surface area contributed by atoms with Crippen LogP contribution in [0.15, 0.2) is 42.7 Å². The molecule has 0 radical (unpaired) electrons. The van der Waals surface area contributed by atoms with Crippen LogP contribution in [0.3, 0.4) is 0 Å². The molecule has 2 aromatic heterocycles. The molecule has 3 aromatic rings. The maximum atomic E-state index is 14.9. The third kappa shape index (κ3) is 4.68. The minimum atomic E-state index is -0.444. The lowest BCUT2D eigenvalue weighted by Crippen LogP contribution is -2.38. The van der Waals surface area contributed by atoms with Crippen LogP contribution in [-0.2, 0) is 22.6 Å². The molecule has 5 rings (SSSR count). The lowest BCUT2D eigenvalue weighted by Gasteiger charge is -2.27. The summed E-state index contributed by atoms with van der Waals surface area (Å²) in [7, 11) is 0. The van der Waals surface area contributed by atoms with Gasteiger partial charge in [0.1, 0.15) is 11.5 Å². The molecule has 0 aliphatic carbocycles. The van der Waals surface area contributed by atoms with Gasteiger partial charge < -0.3 is 9.64 Å². The van der Waals surface area contributed by atoms with E-state index < -0.39 is 5.82 Å². The summed E-state index contributed by atoms with van der Waals surface area (Å²) in [5.41, 5.74) is 3.35. The van der Waals surface area contributed by atoms with Crippen LogP contribution in [0.4, 0.5) is 4.39 Å². The normalized spacial score (nSPS) is 16.0. The monoisotopic (exact) mass is 479 g/mol. The van der Waals surface area contributed by atoms with E-state index in [2.05, 4.69) is 21.7 Å². The Labute approximate surface area is 202 Å². The minimum Gasteiger partial charge on any atom is -0.379 e. The van der Waals surface area contributed by atoms with Gasteiger partial charge in [-0.3, -0.25) is 19.4 Å². The molecule has 0 atom stereocenters. The molecule has 174 valence electrons. The SMILES string of the molecule is O=C(C#CCN1CCOCC1)N1CCn2nc(-c3ccc(Cl)cc3F)c(-c3ccncc3)c2C1. The molecule has 0 bridgehead atoms. The van der Waals surface area contributed by atoms with Gasteiger partial charge in [0.2, 0.25) is 0 Å². The average molecular weight is 480 g/mol. The number of amides is 1. The molecule has 2 aliphatic heterocycles. The van der Waals surface area contributed by atoms with Gasteiger partial charge in [-0.1, -0.05) is 17.5 Å². The standard InChI is InChI=1S/C25H23ClFN5O2/c26-19-3-4-20(21(27)16-19)25-24(18-5-7-28-8-6-18)22-17-31(10-11-32(22)29-25)23(33)2-1-9-30-12-14-34-15-13-30/h3-8,16H,9-15,17H2. The number of hydrogen-bond acceptors (Lipinski definition) is 5. The number of carbonyl (C=O) groups is 1. The van der Waals surface area contributed by atoms with Gasteiger partial charge in [-0.2, -0.15) is 5.10 Å². The van der Waals surface area contributed by atoms with Crippen LogP contribution in [0, 0.1) is 17.7 Å². The van der Waals surface area contributed by atoms with Crippen LogP contribution in [0.5, 0.6) is 0 Å². The van der Waals surface area contributed by atoms with Gasteiger partial charge >= 0.3 is 0 Å². The van der Waals surface area contributed by atoms with Crippen molar-refractivity contribution in [3.8, 4) is 34.2 Å². The highest BCUT2D eigenvalue weighted by Crippen LogP contribution is 2.37. The highest BCUT2D eigenvalue weighted by atomic mass is 35.5. The van der Waals surface area contributed by atoms with E-state index in [1.165, 1.54) is 6.07 Å². The van der Waals surface area contributed by atoms with Crippen LogP contribution >= 0.6 is 11.6 Å². The molecule has 1 saturated heterocycles. The van der Waals surface area contributed by atoms with Gasteiger partial charge in [-0.15, -0.1) is 0 Å². The maximum absolute atomic E-state index is 14.9. The van der Waals surface area contributed by atoms with Gasteiger partial charge in [-0.05, 0) is 41.8 Å². The molecule has 0 saturated carbocycles. The van der Waals surface area contributed by atoms with Gasteiger partial charge in [-0.25, -0.2) is 4.39 Å². The number of morpholine rings is 1. The van der Waals surface area contributed by atoms with Crippen molar-refractivity contribution in [2.75, 3.05) is 39.4 Å². The van der Waals surface area contributed by atoms with E-state index in [1.54, 1.807) is 29.4 Å². The second-order valence-electron chi connectivity index (χ2n) is 8.17. The Bertz CT molecular complexity index is 1260. The van der Waals surface area contributed by atoms with E-state index in [4.69, 9.17) is 21.4 Å². The molecule has 0 unspecified atom stereocenters. The van der Waals surface area contributed by atoms with E-state index in [0.717, 1.165) is 29.9 Å². The Kier molecular flexibility index (Phi) is 6.59. The van der Waals surface area contributed by atoms with Crippen molar-refractivity contribution in [1.29, 1.82) is 0 Å². The Morgan fingerprint density at radius 3 is 2.68 bits per heavy atom. The van der Waals surface area contributed by atoms with Gasteiger partial charge in [0.25, 0.3) is 5.91 Å². The van der Waals surface area contributed by atoms with Crippen molar-refractivity contribution < 1.29 is 13.9 Å². The number of hydrogen-bond donors (Lipinski definition) is 0. The third-order valence-electron chi connectivity index (χ3n) is 6.02. The van der Waals surface area contributed by atoms with E-state index in [1.807, 2.05) is 16.8 Å². The van der Waals surface area contributed by atoms with Crippen molar-refractivity contribution in [3.05, 3.63) is 59.3 Å². The average Bonchev–Trinajstić information content (AvgIpc) is 3.23. The van der Waals surface area contributed by atoms with Crippen LogP contribution in [-0.4, -0.2) is 69.9 Å². The van der Waals surface area contributed by atoms with Crippen molar-refractivity contribution in [2.24, 2.45) is 0 Å². The summed E-state index contributed by atoms with van der Waals surface area (Å²) in [6.45, 7) is 4.90. The zero-order valence-electron chi connectivity index (χ0n) is 18.5. The first-order chi connectivity index (χ1) is 16.6. The predicted molar refractivity (Wildman–Crippen MR) is 126 cm³/mol. The number of aromatic nitrogens is 3. The molecule has 9 heteroatoms. The Balaban J connectivity index is 1.45. The summed E-state index contributed by atoms with van der Waals surface area (Å²) >= 11 is 5.97. The summed E-state index contributed by atoms with van der Waals surface area (Å²) < 4.78 is 22.0. The number of ether oxygens (including phenoxy) is 1. The second kappa shape index (κ2) is 9.94. The van der Waals surface area contributed by atoms with Crippen molar-refractivity contribution in [2.45, 2.75) is 13.1 Å². The van der Waals surface area contributed by atoms with E-state index in [9.17, 15) is 9.18 Å². The molecule has 34 heavy (non-hydrogen) atoms. The fraction of sp³-hybridized carbons (Fsp3) is 0.320. The summed E-state index contributed by atoms with van der Waals surface area (Å²) in [5.74, 6) is 5.12. The van der Waals surface area contributed by atoms with E-state index >= 15 is 0 Å². The van der Waals surface area contributed by atoms with Crippen molar-refractivity contribution in [3.63, 3.8) is 0 Å². The number of halogens is 2. The van der Waals surface area contributed by atoms with E-state index in [0.29, 0.717) is 55.7 Å². The molecular weight excluding hydrogens is 457 g/mol. The zero-order valence-corrected chi connectivity index (χ0v) is 19.3.